The van der Waals surface area contributed by atoms with Gasteiger partial charge in [0.25, 0.3) is 0 Å². The number of carbonyl (C=O) groups excluding carboxylic acids is 3. The van der Waals surface area contributed by atoms with Gasteiger partial charge < -0.3 is 9.47 Å². The number of hydrogen-bond acceptors (Lipinski definition) is 5. The average molecular weight is 453 g/mol. The molecule has 5 nitrogen and oxygen atoms in total. The molecule has 154 valence electrons. The van der Waals surface area contributed by atoms with Crippen molar-refractivity contribution < 1.29 is 23.9 Å². The van der Waals surface area contributed by atoms with E-state index in [2.05, 4.69) is 0 Å². The Morgan fingerprint density at radius 2 is 1.55 bits per heavy atom. The Morgan fingerprint density at radius 1 is 0.871 bits per heavy atom. The summed E-state index contributed by atoms with van der Waals surface area (Å²) in [4.78, 5) is 37.6. The van der Waals surface area contributed by atoms with Gasteiger partial charge >= 0.3 is 5.97 Å². The van der Waals surface area contributed by atoms with E-state index in [0.717, 1.165) is 0 Å². The lowest BCUT2D eigenvalue weighted by Crippen LogP contribution is -2.10. The van der Waals surface area contributed by atoms with Crippen molar-refractivity contribution in [3.63, 3.8) is 0 Å². The molecule has 1 aliphatic carbocycles. The lowest BCUT2D eigenvalue weighted by atomic mass is 10.1. The lowest BCUT2D eigenvalue weighted by Gasteiger charge is -2.11. The third-order valence-electron chi connectivity index (χ3n) is 4.76. The number of ketones is 2. The summed E-state index contributed by atoms with van der Waals surface area (Å²) >= 11 is 11.9. The van der Waals surface area contributed by atoms with E-state index in [4.69, 9.17) is 32.7 Å². The summed E-state index contributed by atoms with van der Waals surface area (Å²) in [5.74, 6) is -0.918. The van der Waals surface area contributed by atoms with Crippen molar-refractivity contribution in [3.8, 4) is 11.5 Å². The van der Waals surface area contributed by atoms with Crippen LogP contribution in [0.4, 0.5) is 0 Å². The van der Waals surface area contributed by atoms with Gasteiger partial charge in [-0.2, -0.15) is 0 Å². The highest BCUT2D eigenvalue weighted by atomic mass is 35.5. The monoisotopic (exact) mass is 452 g/mol. The number of allylic oxidation sites excluding steroid dienone is 1. The molecule has 0 aliphatic heterocycles. The molecule has 31 heavy (non-hydrogen) atoms. The molecule has 0 spiro atoms. The molecular weight excluding hydrogens is 439 g/mol. The third-order valence-corrected chi connectivity index (χ3v) is 5.31. The molecule has 0 saturated heterocycles. The highest BCUT2D eigenvalue weighted by molar-refractivity contribution is 6.41. The SMILES string of the molecule is COc1cc(C=C2C(=O)c3ccccc3C2=O)ccc1OC(=O)c1ccc(Cl)cc1Cl. The molecule has 0 N–H and O–H groups in total. The molecule has 0 aromatic heterocycles. The van der Waals surface area contributed by atoms with Gasteiger partial charge in [0.1, 0.15) is 0 Å². The van der Waals surface area contributed by atoms with Crippen molar-refractivity contribution in [2.24, 2.45) is 0 Å². The summed E-state index contributed by atoms with van der Waals surface area (Å²) in [5.41, 5.74) is 1.54. The Bertz CT molecular complexity index is 1240. The number of carbonyl (C=O) groups is 3. The fourth-order valence-corrected chi connectivity index (χ4v) is 3.72. The molecule has 0 bridgehead atoms. The van der Waals surface area contributed by atoms with Gasteiger partial charge in [0.05, 0.1) is 23.3 Å². The van der Waals surface area contributed by atoms with Crippen molar-refractivity contribution in [1.29, 1.82) is 0 Å². The fourth-order valence-electron chi connectivity index (χ4n) is 3.24. The Balaban J connectivity index is 1.62. The number of benzene rings is 3. The first-order valence-corrected chi connectivity index (χ1v) is 9.90. The minimum absolute atomic E-state index is 0.0703. The highest BCUT2D eigenvalue weighted by Crippen LogP contribution is 2.33. The van der Waals surface area contributed by atoms with E-state index >= 15 is 0 Å². The first kappa shape index (κ1) is 20.8. The van der Waals surface area contributed by atoms with Crippen LogP contribution >= 0.6 is 23.2 Å². The Morgan fingerprint density at radius 3 is 2.16 bits per heavy atom. The molecule has 0 saturated carbocycles. The number of ether oxygens (including phenoxy) is 2. The number of rotatable bonds is 4. The number of esters is 1. The second-order valence-electron chi connectivity index (χ2n) is 6.69. The van der Waals surface area contributed by atoms with E-state index in [1.54, 1.807) is 36.4 Å². The zero-order valence-electron chi connectivity index (χ0n) is 16.1. The first-order chi connectivity index (χ1) is 14.9. The molecule has 0 unspecified atom stereocenters. The maximum atomic E-state index is 12.6. The molecular formula is C24H14Cl2O5. The average Bonchev–Trinajstić information content (AvgIpc) is 2.99. The maximum absolute atomic E-state index is 12.6. The van der Waals surface area contributed by atoms with Crippen molar-refractivity contribution in [3.05, 3.63) is 98.5 Å². The molecule has 0 fully saturated rings. The fraction of sp³-hybridized carbons (Fsp3) is 0.0417. The van der Waals surface area contributed by atoms with Gasteiger partial charge in [-0.05, 0) is 42.0 Å². The predicted octanol–water partition coefficient (Wildman–Crippen LogP) is 5.68. The Labute approximate surface area is 187 Å². The van der Waals surface area contributed by atoms with Crippen LogP contribution in [0.15, 0.2) is 66.2 Å². The number of halogens is 2. The minimum Gasteiger partial charge on any atom is -0.493 e. The summed E-state index contributed by atoms with van der Waals surface area (Å²) in [6, 6.07) is 15.8. The van der Waals surface area contributed by atoms with Crippen LogP contribution in [-0.2, 0) is 0 Å². The zero-order chi connectivity index (χ0) is 22.1. The molecule has 3 aromatic rings. The largest absolute Gasteiger partial charge is 0.493 e. The van der Waals surface area contributed by atoms with Gasteiger partial charge in [0.2, 0.25) is 0 Å². The number of Topliss-reactive ketones (excluding diaryl/α,β-unsaturated/α-hetero) is 2. The molecule has 0 radical (unpaired) electrons. The summed E-state index contributed by atoms with van der Waals surface area (Å²) < 4.78 is 10.7. The van der Waals surface area contributed by atoms with Gasteiger partial charge in [-0.1, -0.05) is 53.5 Å². The summed E-state index contributed by atoms with van der Waals surface area (Å²) in [6.45, 7) is 0. The van der Waals surface area contributed by atoms with Crippen molar-refractivity contribution in [1.82, 2.24) is 0 Å². The maximum Gasteiger partial charge on any atom is 0.345 e. The minimum atomic E-state index is -0.678. The van der Waals surface area contributed by atoms with E-state index in [-0.39, 0.29) is 39.2 Å². The van der Waals surface area contributed by atoms with Crippen LogP contribution < -0.4 is 9.47 Å². The van der Waals surface area contributed by atoms with Gasteiger partial charge in [-0.15, -0.1) is 0 Å². The van der Waals surface area contributed by atoms with E-state index in [9.17, 15) is 14.4 Å². The van der Waals surface area contributed by atoms with E-state index in [1.165, 1.54) is 37.5 Å². The van der Waals surface area contributed by atoms with Gasteiger partial charge in [-0.25, -0.2) is 4.79 Å². The van der Waals surface area contributed by atoms with Crippen LogP contribution in [0.2, 0.25) is 10.0 Å². The molecule has 1 aliphatic rings. The molecule has 0 amide bonds. The smallest absolute Gasteiger partial charge is 0.345 e. The van der Waals surface area contributed by atoms with Gasteiger partial charge in [-0.3, -0.25) is 9.59 Å². The third kappa shape index (κ3) is 3.98. The molecule has 0 heterocycles. The standard InChI is InChI=1S/C24H14Cl2O5/c1-30-21-11-13(10-18-22(27)15-4-2-3-5-16(15)23(18)28)6-9-20(21)31-24(29)17-8-7-14(25)12-19(17)26/h2-12H,1H3. The molecule has 7 heteroatoms. The van der Waals surface area contributed by atoms with Crippen LogP contribution in [0.1, 0.15) is 36.6 Å². The number of hydrogen-bond donors (Lipinski definition) is 0. The summed E-state index contributed by atoms with van der Waals surface area (Å²) in [7, 11) is 1.42. The van der Waals surface area contributed by atoms with Crippen LogP contribution in [-0.4, -0.2) is 24.6 Å². The highest BCUT2D eigenvalue weighted by Gasteiger charge is 2.32. The van der Waals surface area contributed by atoms with E-state index < -0.39 is 5.97 Å². The van der Waals surface area contributed by atoms with Crippen LogP contribution in [0.5, 0.6) is 11.5 Å². The normalized spacial score (nSPS) is 12.5. The zero-order valence-corrected chi connectivity index (χ0v) is 17.7. The quantitative estimate of drug-likeness (QED) is 0.220. The lowest BCUT2D eigenvalue weighted by molar-refractivity contribution is 0.0729. The summed E-state index contributed by atoms with van der Waals surface area (Å²) in [5, 5.41) is 0.560. The van der Waals surface area contributed by atoms with Crippen molar-refractivity contribution in [2.75, 3.05) is 7.11 Å². The van der Waals surface area contributed by atoms with Crippen LogP contribution in [0.3, 0.4) is 0 Å². The molecule has 3 aromatic carbocycles. The predicted molar refractivity (Wildman–Crippen MR) is 117 cm³/mol. The Kier molecular flexibility index (Phi) is 5.63. The first-order valence-electron chi connectivity index (χ1n) is 9.14. The number of methoxy groups -OCH3 is 1. The van der Waals surface area contributed by atoms with Crippen molar-refractivity contribution >= 4 is 46.8 Å². The molecule has 0 atom stereocenters. The number of fused-ring (bicyclic) bond motifs is 1. The second-order valence-corrected chi connectivity index (χ2v) is 7.53. The van der Waals surface area contributed by atoms with Crippen LogP contribution in [0.25, 0.3) is 6.08 Å². The topological polar surface area (TPSA) is 69.7 Å². The summed E-state index contributed by atoms with van der Waals surface area (Å²) in [6.07, 6.45) is 1.49. The Hall–Kier alpha value is -3.41. The molecule has 4 rings (SSSR count). The van der Waals surface area contributed by atoms with Crippen molar-refractivity contribution in [2.45, 2.75) is 0 Å². The van der Waals surface area contributed by atoms with Gasteiger partial charge in [0.15, 0.2) is 23.1 Å². The second kappa shape index (κ2) is 8.38. The van der Waals surface area contributed by atoms with Crippen LogP contribution in [0, 0.1) is 0 Å². The van der Waals surface area contributed by atoms with E-state index in [0.29, 0.717) is 21.7 Å². The van der Waals surface area contributed by atoms with Gasteiger partial charge in [0, 0.05) is 16.1 Å². The van der Waals surface area contributed by atoms with E-state index in [1.807, 2.05) is 0 Å².